The van der Waals surface area contributed by atoms with Gasteiger partial charge in [0.05, 0.1) is 22.4 Å². The highest BCUT2D eigenvalue weighted by Crippen LogP contribution is 2.26. The third-order valence-corrected chi connectivity index (χ3v) is 6.61. The number of carbonyl (C=O) groups excluding carboxylic acids is 2. The van der Waals surface area contributed by atoms with Gasteiger partial charge in [0, 0.05) is 22.8 Å². The molecule has 11 heteroatoms. The summed E-state index contributed by atoms with van der Waals surface area (Å²) in [4.78, 5) is 25.3. The number of thioether (sulfide) groups is 1. The number of hydrogen-bond donors (Lipinski definition) is 2. The van der Waals surface area contributed by atoms with E-state index in [0.717, 1.165) is 0 Å². The standard InChI is InChI=1S/C23H24Cl3N5O2S/c1-13(2)9-19(28-22(33)17-8-7-15(25)11-18(17)26)21-29-30-23(31(21)3)34-12-20(32)27-16-6-4-5-14(24)10-16/h4-8,10-11,13,19H,9,12H2,1-3H3,(H,27,32)(H,28,33)/t19-/m0/s1. The quantitative estimate of drug-likeness (QED) is 0.324. The van der Waals surface area contributed by atoms with Crippen molar-refractivity contribution in [1.82, 2.24) is 20.1 Å². The molecule has 1 heterocycles. The van der Waals surface area contributed by atoms with Crippen LogP contribution in [0.5, 0.6) is 0 Å². The molecular formula is C23H24Cl3N5O2S. The first kappa shape index (κ1) is 26.3. The summed E-state index contributed by atoms with van der Waals surface area (Å²) in [6, 6.07) is 11.3. The second-order valence-electron chi connectivity index (χ2n) is 8.03. The van der Waals surface area contributed by atoms with Crippen LogP contribution >= 0.6 is 46.6 Å². The maximum atomic E-state index is 12.9. The highest BCUT2D eigenvalue weighted by atomic mass is 35.5. The van der Waals surface area contributed by atoms with E-state index in [9.17, 15) is 9.59 Å². The van der Waals surface area contributed by atoms with Crippen molar-refractivity contribution in [1.29, 1.82) is 0 Å². The van der Waals surface area contributed by atoms with Gasteiger partial charge in [-0.2, -0.15) is 0 Å². The lowest BCUT2D eigenvalue weighted by Crippen LogP contribution is -2.31. The van der Waals surface area contributed by atoms with E-state index in [1.807, 2.05) is 0 Å². The number of aromatic nitrogens is 3. The Morgan fingerprint density at radius 2 is 1.79 bits per heavy atom. The highest BCUT2D eigenvalue weighted by molar-refractivity contribution is 7.99. The SMILES string of the molecule is CC(C)C[C@H](NC(=O)c1ccc(Cl)cc1Cl)c1nnc(SCC(=O)Nc2cccc(Cl)c2)n1C. The predicted octanol–water partition coefficient (Wildman–Crippen LogP) is 6.02. The van der Waals surface area contributed by atoms with E-state index in [1.54, 1.807) is 48.0 Å². The van der Waals surface area contributed by atoms with Gasteiger partial charge in [0.15, 0.2) is 11.0 Å². The Morgan fingerprint density at radius 3 is 2.47 bits per heavy atom. The molecule has 0 fully saturated rings. The van der Waals surface area contributed by atoms with Gasteiger partial charge in [0.2, 0.25) is 5.91 Å². The molecule has 1 atom stereocenters. The third-order valence-electron chi connectivity index (χ3n) is 4.81. The zero-order valence-corrected chi connectivity index (χ0v) is 21.9. The van der Waals surface area contributed by atoms with E-state index < -0.39 is 6.04 Å². The van der Waals surface area contributed by atoms with Gasteiger partial charge in [0.1, 0.15) is 0 Å². The van der Waals surface area contributed by atoms with Crippen LogP contribution in [0.15, 0.2) is 47.6 Å². The van der Waals surface area contributed by atoms with Crippen LogP contribution in [0.1, 0.15) is 42.5 Å². The average molecular weight is 541 g/mol. The van der Waals surface area contributed by atoms with Crippen molar-refractivity contribution in [3.05, 3.63) is 68.9 Å². The fourth-order valence-corrected chi connectivity index (χ4v) is 4.66. The number of hydrogen-bond acceptors (Lipinski definition) is 5. The molecule has 0 saturated heterocycles. The summed E-state index contributed by atoms with van der Waals surface area (Å²) in [7, 11) is 1.81. The van der Waals surface area contributed by atoms with Gasteiger partial charge in [-0.1, -0.05) is 66.5 Å². The molecule has 1 aromatic heterocycles. The Morgan fingerprint density at radius 1 is 1.06 bits per heavy atom. The normalized spacial score (nSPS) is 12.0. The fraction of sp³-hybridized carbons (Fsp3) is 0.304. The van der Waals surface area contributed by atoms with Crippen molar-refractivity contribution in [2.75, 3.05) is 11.1 Å². The van der Waals surface area contributed by atoms with Crippen molar-refractivity contribution in [2.24, 2.45) is 13.0 Å². The molecule has 0 bridgehead atoms. The molecule has 0 radical (unpaired) electrons. The van der Waals surface area contributed by atoms with Crippen LogP contribution in [0.2, 0.25) is 15.1 Å². The summed E-state index contributed by atoms with van der Waals surface area (Å²) < 4.78 is 1.79. The Bertz CT molecular complexity index is 1190. The molecule has 0 aliphatic rings. The lowest BCUT2D eigenvalue weighted by molar-refractivity contribution is -0.113. The molecule has 3 aromatic rings. The van der Waals surface area contributed by atoms with Crippen LogP contribution in [-0.2, 0) is 11.8 Å². The number of nitrogens with one attached hydrogen (secondary N) is 2. The average Bonchev–Trinajstić information content (AvgIpc) is 3.11. The first-order chi connectivity index (χ1) is 16.1. The number of amides is 2. The van der Waals surface area contributed by atoms with E-state index in [2.05, 4.69) is 34.7 Å². The second kappa shape index (κ2) is 11.9. The van der Waals surface area contributed by atoms with Crippen molar-refractivity contribution in [3.63, 3.8) is 0 Å². The van der Waals surface area contributed by atoms with Gasteiger partial charge in [-0.05, 0) is 48.7 Å². The Kier molecular flexibility index (Phi) is 9.24. The minimum absolute atomic E-state index is 0.139. The van der Waals surface area contributed by atoms with Gasteiger partial charge >= 0.3 is 0 Å². The van der Waals surface area contributed by atoms with Crippen LogP contribution in [0, 0.1) is 5.92 Å². The molecule has 0 unspecified atom stereocenters. The summed E-state index contributed by atoms with van der Waals surface area (Å²) in [5.41, 5.74) is 0.951. The van der Waals surface area contributed by atoms with Crippen LogP contribution in [-0.4, -0.2) is 32.3 Å². The molecule has 180 valence electrons. The van der Waals surface area contributed by atoms with Crippen LogP contribution in [0.25, 0.3) is 0 Å². The first-order valence-electron chi connectivity index (χ1n) is 10.5. The van der Waals surface area contributed by atoms with Gasteiger partial charge in [-0.3, -0.25) is 9.59 Å². The predicted molar refractivity (Wildman–Crippen MR) is 138 cm³/mol. The number of anilines is 1. The fourth-order valence-electron chi connectivity index (χ4n) is 3.26. The summed E-state index contributed by atoms with van der Waals surface area (Å²) in [6.07, 6.45) is 0.642. The van der Waals surface area contributed by atoms with E-state index in [0.29, 0.717) is 38.7 Å². The van der Waals surface area contributed by atoms with Crippen LogP contribution in [0.3, 0.4) is 0 Å². The molecule has 0 aliphatic carbocycles. The Balaban J connectivity index is 1.70. The maximum absolute atomic E-state index is 12.9. The van der Waals surface area contributed by atoms with Crippen molar-refractivity contribution < 1.29 is 9.59 Å². The minimum Gasteiger partial charge on any atom is -0.342 e. The van der Waals surface area contributed by atoms with Gasteiger partial charge in [-0.15, -0.1) is 10.2 Å². The molecule has 2 amide bonds. The molecule has 3 rings (SSSR count). The van der Waals surface area contributed by atoms with E-state index >= 15 is 0 Å². The first-order valence-corrected chi connectivity index (χ1v) is 12.6. The smallest absolute Gasteiger partial charge is 0.253 e. The largest absolute Gasteiger partial charge is 0.342 e. The molecule has 0 spiro atoms. The highest BCUT2D eigenvalue weighted by Gasteiger charge is 2.24. The number of halogens is 3. The summed E-state index contributed by atoms with van der Waals surface area (Å²) in [5.74, 6) is 0.485. The summed E-state index contributed by atoms with van der Waals surface area (Å²) in [5, 5.41) is 16.2. The van der Waals surface area contributed by atoms with Crippen LogP contribution in [0.4, 0.5) is 5.69 Å². The zero-order chi connectivity index (χ0) is 24.8. The summed E-state index contributed by atoms with van der Waals surface area (Å²) >= 11 is 19.4. The zero-order valence-electron chi connectivity index (χ0n) is 18.8. The number of nitrogens with zero attached hydrogens (tertiary/aromatic N) is 3. The van der Waals surface area contributed by atoms with Crippen LogP contribution < -0.4 is 10.6 Å². The Labute approximate surface area is 217 Å². The molecule has 2 aromatic carbocycles. The number of carbonyl (C=O) groups is 2. The van der Waals surface area contributed by atoms with Crippen molar-refractivity contribution in [2.45, 2.75) is 31.5 Å². The van der Waals surface area contributed by atoms with E-state index in [4.69, 9.17) is 34.8 Å². The molecule has 34 heavy (non-hydrogen) atoms. The lowest BCUT2D eigenvalue weighted by atomic mass is 10.0. The van der Waals surface area contributed by atoms with Gasteiger partial charge < -0.3 is 15.2 Å². The lowest BCUT2D eigenvalue weighted by Gasteiger charge is -2.20. The minimum atomic E-state index is -0.397. The number of benzene rings is 2. The molecular weight excluding hydrogens is 517 g/mol. The molecule has 0 saturated carbocycles. The molecule has 2 N–H and O–H groups in total. The second-order valence-corrected chi connectivity index (χ2v) is 10.2. The van der Waals surface area contributed by atoms with Crippen molar-refractivity contribution >= 4 is 64.1 Å². The maximum Gasteiger partial charge on any atom is 0.253 e. The van der Waals surface area contributed by atoms with E-state index in [1.165, 1.54) is 17.8 Å². The Hall–Kier alpha value is -2.26. The van der Waals surface area contributed by atoms with Gasteiger partial charge in [0.25, 0.3) is 5.91 Å². The van der Waals surface area contributed by atoms with Crippen molar-refractivity contribution in [3.8, 4) is 0 Å². The molecule has 7 nitrogen and oxygen atoms in total. The topological polar surface area (TPSA) is 88.9 Å². The monoisotopic (exact) mass is 539 g/mol. The van der Waals surface area contributed by atoms with E-state index in [-0.39, 0.29) is 28.5 Å². The van der Waals surface area contributed by atoms with Gasteiger partial charge in [-0.25, -0.2) is 0 Å². The molecule has 0 aliphatic heterocycles. The number of rotatable bonds is 9. The third kappa shape index (κ3) is 7.12. The summed E-state index contributed by atoms with van der Waals surface area (Å²) in [6.45, 7) is 4.11.